The summed E-state index contributed by atoms with van der Waals surface area (Å²) in [5.41, 5.74) is 1.57. The molecule has 27 heavy (non-hydrogen) atoms. The standard InChI is InChI=1S/C18H19ClN4O4/c1-23-16-13(10-20-23)9-15(19)22-17(16)27-8-7-26-11-14(21-18(24)25)12-5-3-2-4-6-12/h2-6,9-10,14,21H,7-8,11H2,1H3,(H,24,25). The highest BCUT2D eigenvalue weighted by Gasteiger charge is 2.14. The lowest BCUT2D eigenvalue weighted by Crippen LogP contribution is -2.30. The van der Waals surface area contributed by atoms with E-state index in [0.717, 1.165) is 16.5 Å². The van der Waals surface area contributed by atoms with Gasteiger partial charge in [-0.25, -0.2) is 4.79 Å². The number of hydrogen-bond donors (Lipinski definition) is 2. The van der Waals surface area contributed by atoms with Gasteiger partial charge in [0.05, 0.1) is 25.5 Å². The zero-order valence-corrected chi connectivity index (χ0v) is 15.4. The Balaban J connectivity index is 1.55. The van der Waals surface area contributed by atoms with Crippen LogP contribution in [0.1, 0.15) is 11.6 Å². The summed E-state index contributed by atoms with van der Waals surface area (Å²) in [6.45, 7) is 0.685. The summed E-state index contributed by atoms with van der Waals surface area (Å²) >= 11 is 6.01. The maximum atomic E-state index is 11.0. The van der Waals surface area contributed by atoms with Gasteiger partial charge in [0.2, 0.25) is 5.88 Å². The molecule has 0 aliphatic heterocycles. The molecule has 1 unspecified atom stereocenters. The van der Waals surface area contributed by atoms with E-state index in [1.165, 1.54) is 0 Å². The smallest absolute Gasteiger partial charge is 0.405 e. The van der Waals surface area contributed by atoms with Crippen LogP contribution in [0, 0.1) is 0 Å². The third-order valence-corrected chi connectivity index (χ3v) is 4.10. The summed E-state index contributed by atoms with van der Waals surface area (Å²) < 4.78 is 12.9. The maximum absolute atomic E-state index is 11.0. The Morgan fingerprint density at radius 3 is 2.85 bits per heavy atom. The Morgan fingerprint density at radius 2 is 2.11 bits per heavy atom. The molecule has 0 aliphatic carbocycles. The monoisotopic (exact) mass is 390 g/mol. The minimum Gasteiger partial charge on any atom is -0.474 e. The molecule has 9 heteroatoms. The number of carboxylic acid groups (broad SMARTS) is 1. The number of hydrogen-bond acceptors (Lipinski definition) is 5. The van der Waals surface area contributed by atoms with Crippen molar-refractivity contribution < 1.29 is 19.4 Å². The van der Waals surface area contributed by atoms with Gasteiger partial charge in [-0.15, -0.1) is 0 Å². The lowest BCUT2D eigenvalue weighted by Gasteiger charge is -2.17. The number of fused-ring (bicyclic) bond motifs is 1. The van der Waals surface area contributed by atoms with Crippen molar-refractivity contribution in [3.05, 3.63) is 53.3 Å². The quantitative estimate of drug-likeness (QED) is 0.453. The van der Waals surface area contributed by atoms with Crippen LogP contribution < -0.4 is 10.1 Å². The Kier molecular flexibility index (Phi) is 6.10. The van der Waals surface area contributed by atoms with E-state index in [-0.39, 0.29) is 19.8 Å². The average molecular weight is 391 g/mol. The highest BCUT2D eigenvalue weighted by Crippen LogP contribution is 2.25. The van der Waals surface area contributed by atoms with Crippen LogP contribution in [0.25, 0.3) is 10.9 Å². The Bertz CT molecular complexity index is 916. The molecule has 142 valence electrons. The van der Waals surface area contributed by atoms with Crippen molar-refractivity contribution in [3.8, 4) is 5.88 Å². The topological polar surface area (TPSA) is 98.5 Å². The van der Waals surface area contributed by atoms with Gasteiger partial charge in [-0.05, 0) is 11.6 Å². The number of benzene rings is 1. The number of halogens is 1. The number of rotatable bonds is 8. The number of amides is 1. The van der Waals surface area contributed by atoms with Gasteiger partial charge in [-0.2, -0.15) is 10.1 Å². The van der Waals surface area contributed by atoms with E-state index in [1.807, 2.05) is 30.3 Å². The van der Waals surface area contributed by atoms with E-state index in [2.05, 4.69) is 15.4 Å². The molecule has 8 nitrogen and oxygen atoms in total. The van der Waals surface area contributed by atoms with E-state index in [9.17, 15) is 4.79 Å². The van der Waals surface area contributed by atoms with Gasteiger partial charge < -0.3 is 19.9 Å². The van der Waals surface area contributed by atoms with Gasteiger partial charge in [-0.1, -0.05) is 41.9 Å². The summed E-state index contributed by atoms with van der Waals surface area (Å²) in [7, 11) is 1.79. The number of carbonyl (C=O) groups is 1. The minimum atomic E-state index is -1.11. The second-order valence-corrected chi connectivity index (χ2v) is 6.18. The van der Waals surface area contributed by atoms with Crippen LogP contribution in [-0.4, -0.2) is 45.8 Å². The van der Waals surface area contributed by atoms with Crippen molar-refractivity contribution in [3.63, 3.8) is 0 Å². The molecule has 0 aliphatic rings. The lowest BCUT2D eigenvalue weighted by atomic mass is 10.1. The normalized spacial score (nSPS) is 12.1. The number of aromatic nitrogens is 3. The molecule has 0 radical (unpaired) electrons. The lowest BCUT2D eigenvalue weighted by molar-refractivity contribution is 0.0814. The predicted octanol–water partition coefficient (Wildman–Crippen LogP) is 3.03. The number of pyridine rings is 1. The summed E-state index contributed by atoms with van der Waals surface area (Å²) in [5, 5.41) is 16.8. The van der Waals surface area contributed by atoms with E-state index in [4.69, 9.17) is 26.2 Å². The average Bonchev–Trinajstić information content (AvgIpc) is 3.01. The van der Waals surface area contributed by atoms with Crippen molar-refractivity contribution in [2.75, 3.05) is 19.8 Å². The molecule has 3 aromatic rings. The summed E-state index contributed by atoms with van der Waals surface area (Å²) in [6, 6.07) is 10.5. The molecule has 0 bridgehead atoms. The molecule has 2 N–H and O–H groups in total. The van der Waals surface area contributed by atoms with Gasteiger partial charge in [0.25, 0.3) is 0 Å². The first-order valence-corrected chi connectivity index (χ1v) is 8.65. The molecule has 0 saturated carbocycles. The van der Waals surface area contributed by atoms with E-state index < -0.39 is 12.1 Å². The number of nitrogens with zero attached hydrogens (tertiary/aromatic N) is 3. The van der Waals surface area contributed by atoms with E-state index in [1.54, 1.807) is 24.0 Å². The molecule has 2 heterocycles. The molecule has 0 fully saturated rings. The van der Waals surface area contributed by atoms with Gasteiger partial charge in [-0.3, -0.25) is 4.68 Å². The molecule has 1 aromatic carbocycles. The van der Waals surface area contributed by atoms with E-state index in [0.29, 0.717) is 11.0 Å². The molecule has 1 amide bonds. The third-order valence-electron chi connectivity index (χ3n) is 3.90. The largest absolute Gasteiger partial charge is 0.474 e. The predicted molar refractivity (Wildman–Crippen MR) is 100 cm³/mol. The first kappa shape index (κ1) is 18.9. The molecular weight excluding hydrogens is 372 g/mol. The molecule has 3 rings (SSSR count). The van der Waals surface area contributed by atoms with Crippen LogP contribution in [0.4, 0.5) is 4.79 Å². The number of nitrogens with one attached hydrogen (secondary N) is 1. The van der Waals surface area contributed by atoms with Gasteiger partial charge in [0.15, 0.2) is 0 Å². The maximum Gasteiger partial charge on any atom is 0.405 e. The van der Waals surface area contributed by atoms with Crippen LogP contribution in [0.3, 0.4) is 0 Å². The van der Waals surface area contributed by atoms with Crippen molar-refractivity contribution in [2.45, 2.75) is 6.04 Å². The highest BCUT2D eigenvalue weighted by atomic mass is 35.5. The second-order valence-electron chi connectivity index (χ2n) is 5.79. The molecule has 0 spiro atoms. The van der Waals surface area contributed by atoms with E-state index >= 15 is 0 Å². The molecule has 0 saturated heterocycles. The van der Waals surface area contributed by atoms with Crippen molar-refractivity contribution in [2.24, 2.45) is 7.05 Å². The second kappa shape index (κ2) is 8.70. The SMILES string of the molecule is Cn1ncc2cc(Cl)nc(OCCOCC(NC(=O)O)c3ccccc3)c21. The fourth-order valence-electron chi connectivity index (χ4n) is 2.69. The van der Waals surface area contributed by atoms with Crippen LogP contribution in [0.2, 0.25) is 5.15 Å². The van der Waals surface area contributed by atoms with Crippen molar-refractivity contribution in [1.82, 2.24) is 20.1 Å². The van der Waals surface area contributed by atoms with Crippen LogP contribution in [0.15, 0.2) is 42.6 Å². The highest BCUT2D eigenvalue weighted by molar-refractivity contribution is 6.30. The number of ether oxygens (including phenoxy) is 2. The minimum absolute atomic E-state index is 0.184. The first-order chi connectivity index (χ1) is 13.0. The summed E-state index contributed by atoms with van der Waals surface area (Å²) in [6.07, 6.45) is 0.583. The van der Waals surface area contributed by atoms with Crippen LogP contribution in [0.5, 0.6) is 5.88 Å². The first-order valence-electron chi connectivity index (χ1n) is 8.28. The summed E-state index contributed by atoms with van der Waals surface area (Å²) in [4.78, 5) is 15.2. The van der Waals surface area contributed by atoms with Crippen LogP contribution in [-0.2, 0) is 11.8 Å². The fraction of sp³-hybridized carbons (Fsp3) is 0.278. The zero-order valence-electron chi connectivity index (χ0n) is 14.6. The molecular formula is C18H19ClN4O4. The third kappa shape index (κ3) is 4.87. The Labute approximate surface area is 160 Å². The Morgan fingerprint density at radius 1 is 1.33 bits per heavy atom. The van der Waals surface area contributed by atoms with Crippen molar-refractivity contribution >= 4 is 28.6 Å². The molecule has 1 atom stereocenters. The Hall–Kier alpha value is -2.84. The molecule has 2 aromatic heterocycles. The van der Waals surface area contributed by atoms with Gasteiger partial charge >= 0.3 is 6.09 Å². The summed E-state index contributed by atoms with van der Waals surface area (Å²) in [5.74, 6) is 0.379. The van der Waals surface area contributed by atoms with Gasteiger partial charge in [0.1, 0.15) is 17.3 Å². The van der Waals surface area contributed by atoms with Gasteiger partial charge in [0, 0.05) is 12.4 Å². The van der Waals surface area contributed by atoms with Crippen molar-refractivity contribution in [1.29, 1.82) is 0 Å². The van der Waals surface area contributed by atoms with Crippen LogP contribution >= 0.6 is 11.6 Å². The zero-order chi connectivity index (χ0) is 19.2. The fourth-order valence-corrected chi connectivity index (χ4v) is 2.88. The number of aryl methyl sites for hydroxylation is 1.